The highest BCUT2D eigenvalue weighted by Crippen LogP contribution is 2.64. The molecule has 1 N–H and O–H groups in total. The Kier molecular flexibility index (Phi) is 5.83. The van der Waals surface area contributed by atoms with Crippen LogP contribution >= 0.6 is 0 Å². The highest BCUT2D eigenvalue weighted by molar-refractivity contribution is 6.00. The summed E-state index contributed by atoms with van der Waals surface area (Å²) in [6.07, 6.45) is 5.94. The Morgan fingerprint density at radius 1 is 0.511 bits per heavy atom. The van der Waals surface area contributed by atoms with E-state index in [0.717, 1.165) is 17.8 Å². The van der Waals surface area contributed by atoms with Gasteiger partial charge in [-0.3, -0.25) is 0 Å². The first-order valence-corrected chi connectivity index (χ1v) is 16.0. The number of rotatable bonds is 4. The zero-order chi connectivity index (χ0) is 30.0. The Hall–Kier alpha value is -5.40. The molecule has 0 aromatic heterocycles. The molecule has 45 heavy (non-hydrogen) atoms. The molecule has 214 valence electrons. The molecule has 0 heterocycles. The summed E-state index contributed by atoms with van der Waals surface area (Å²) in [5.74, 6) is 0.545. The van der Waals surface area contributed by atoms with Gasteiger partial charge in [0.15, 0.2) is 0 Å². The van der Waals surface area contributed by atoms with Gasteiger partial charge in [-0.2, -0.15) is 0 Å². The summed E-state index contributed by atoms with van der Waals surface area (Å²) in [5, 5.41) is 3.60. The highest BCUT2D eigenvalue weighted by Gasteiger charge is 2.53. The molecule has 2 atom stereocenters. The van der Waals surface area contributed by atoms with Crippen LogP contribution in [0.1, 0.15) is 35.6 Å². The van der Waals surface area contributed by atoms with Crippen molar-refractivity contribution >= 4 is 16.9 Å². The van der Waals surface area contributed by atoms with Gasteiger partial charge in [-0.05, 0) is 103 Å². The number of fused-ring (bicyclic) bond motifs is 9. The molecule has 1 nitrogen and oxygen atoms in total. The van der Waals surface area contributed by atoms with Gasteiger partial charge in [0.05, 0.1) is 5.41 Å². The van der Waals surface area contributed by atoms with Crippen LogP contribution in [0.5, 0.6) is 0 Å². The van der Waals surface area contributed by atoms with Crippen molar-refractivity contribution in [3.8, 4) is 33.4 Å². The first-order chi connectivity index (χ1) is 22.2. The van der Waals surface area contributed by atoms with Gasteiger partial charge in [0.25, 0.3) is 0 Å². The predicted molar refractivity (Wildman–Crippen MR) is 189 cm³/mol. The SMILES string of the molecule is CC1C=CC2=C(C1)c1ccccc1C21c2ccccc2-c2c(-c3ccc(Nc4ccc(-c5ccccc5)cc4)cc3)cccc21. The summed E-state index contributed by atoms with van der Waals surface area (Å²) in [6.45, 7) is 2.33. The van der Waals surface area contributed by atoms with Gasteiger partial charge in [0, 0.05) is 11.4 Å². The predicted octanol–water partition coefficient (Wildman–Crippen LogP) is 11.4. The van der Waals surface area contributed by atoms with E-state index >= 15 is 0 Å². The van der Waals surface area contributed by atoms with Gasteiger partial charge in [-0.15, -0.1) is 0 Å². The average Bonchev–Trinajstić information content (AvgIpc) is 3.56. The maximum Gasteiger partial charge on any atom is 0.0722 e. The van der Waals surface area contributed by atoms with E-state index in [0.29, 0.717) is 5.92 Å². The fourth-order valence-corrected chi connectivity index (χ4v) is 8.11. The van der Waals surface area contributed by atoms with Crippen molar-refractivity contribution in [2.45, 2.75) is 18.8 Å². The molecule has 0 saturated carbocycles. The molecule has 0 fully saturated rings. The van der Waals surface area contributed by atoms with Crippen molar-refractivity contribution in [3.05, 3.63) is 186 Å². The molecule has 0 radical (unpaired) electrons. The van der Waals surface area contributed by atoms with Gasteiger partial charge >= 0.3 is 0 Å². The number of benzene rings is 6. The molecule has 1 spiro atoms. The van der Waals surface area contributed by atoms with E-state index in [4.69, 9.17) is 0 Å². The lowest BCUT2D eigenvalue weighted by atomic mass is 9.68. The molecule has 6 aromatic carbocycles. The molecular formula is C44H33N. The van der Waals surface area contributed by atoms with E-state index in [2.05, 4.69) is 170 Å². The molecule has 6 aromatic rings. The van der Waals surface area contributed by atoms with Gasteiger partial charge in [-0.1, -0.05) is 140 Å². The quantitative estimate of drug-likeness (QED) is 0.220. The summed E-state index contributed by atoms with van der Waals surface area (Å²) < 4.78 is 0. The highest BCUT2D eigenvalue weighted by atomic mass is 14.9. The summed E-state index contributed by atoms with van der Waals surface area (Å²) in [5.41, 5.74) is 18.2. The molecule has 3 aliphatic rings. The molecular weight excluding hydrogens is 542 g/mol. The van der Waals surface area contributed by atoms with Crippen molar-refractivity contribution in [1.29, 1.82) is 0 Å². The summed E-state index contributed by atoms with van der Waals surface area (Å²) in [6, 6.07) is 53.3. The summed E-state index contributed by atoms with van der Waals surface area (Å²) in [7, 11) is 0. The Bertz CT molecular complexity index is 2150. The molecule has 9 rings (SSSR count). The normalized spacial score (nSPS) is 18.8. The zero-order valence-electron chi connectivity index (χ0n) is 25.3. The fraction of sp³-hybridized carbons (Fsp3) is 0.0909. The maximum atomic E-state index is 3.60. The Balaban J connectivity index is 1.12. The van der Waals surface area contributed by atoms with E-state index in [1.807, 2.05) is 0 Å². The number of anilines is 2. The molecule has 1 heteroatoms. The second kappa shape index (κ2) is 10.1. The lowest BCUT2D eigenvalue weighted by Gasteiger charge is -2.32. The van der Waals surface area contributed by atoms with Crippen LogP contribution in [0.25, 0.3) is 39.0 Å². The molecule has 2 unspecified atom stereocenters. The van der Waals surface area contributed by atoms with Crippen LogP contribution in [-0.2, 0) is 5.41 Å². The second-order valence-electron chi connectivity index (χ2n) is 12.6. The van der Waals surface area contributed by atoms with E-state index in [1.54, 1.807) is 0 Å². The molecule has 0 saturated heterocycles. The number of nitrogens with one attached hydrogen (secondary N) is 1. The van der Waals surface area contributed by atoms with Crippen molar-refractivity contribution < 1.29 is 0 Å². The van der Waals surface area contributed by atoms with E-state index in [1.165, 1.54) is 66.8 Å². The van der Waals surface area contributed by atoms with Crippen molar-refractivity contribution in [1.82, 2.24) is 0 Å². The fourth-order valence-electron chi connectivity index (χ4n) is 8.11. The lowest BCUT2D eigenvalue weighted by Crippen LogP contribution is -2.27. The van der Waals surface area contributed by atoms with Crippen LogP contribution < -0.4 is 5.32 Å². The van der Waals surface area contributed by atoms with Crippen LogP contribution in [-0.4, -0.2) is 0 Å². The van der Waals surface area contributed by atoms with Gasteiger partial charge in [0.2, 0.25) is 0 Å². The topological polar surface area (TPSA) is 12.0 Å². The minimum absolute atomic E-state index is 0.280. The monoisotopic (exact) mass is 575 g/mol. The average molecular weight is 576 g/mol. The third kappa shape index (κ3) is 3.87. The van der Waals surface area contributed by atoms with Gasteiger partial charge in [0.1, 0.15) is 0 Å². The lowest BCUT2D eigenvalue weighted by molar-refractivity contribution is 0.725. The van der Waals surface area contributed by atoms with Crippen molar-refractivity contribution in [2.75, 3.05) is 5.32 Å². The van der Waals surface area contributed by atoms with Crippen LogP contribution in [0.2, 0.25) is 0 Å². The maximum absolute atomic E-state index is 3.60. The molecule has 3 aliphatic carbocycles. The Morgan fingerprint density at radius 2 is 1.07 bits per heavy atom. The van der Waals surface area contributed by atoms with Crippen molar-refractivity contribution in [3.63, 3.8) is 0 Å². The second-order valence-corrected chi connectivity index (χ2v) is 12.6. The van der Waals surface area contributed by atoms with Crippen LogP contribution in [0.3, 0.4) is 0 Å². The van der Waals surface area contributed by atoms with E-state index in [9.17, 15) is 0 Å². The minimum Gasteiger partial charge on any atom is -0.356 e. The standard InChI is InChI=1S/C44H33N/c1-29-18-27-41-38(28-29)36-12-5-7-15-39(36)44(41)40-16-8-6-13-37(40)43-35(14-9-17-42(43)44)32-21-25-34(26-22-32)45-33-23-19-31(20-24-33)30-10-3-2-4-11-30/h2-27,29,45H,28H2,1H3. The molecule has 0 bridgehead atoms. The van der Waals surface area contributed by atoms with Crippen LogP contribution in [0.4, 0.5) is 11.4 Å². The van der Waals surface area contributed by atoms with Crippen LogP contribution in [0, 0.1) is 5.92 Å². The van der Waals surface area contributed by atoms with Gasteiger partial charge in [-0.25, -0.2) is 0 Å². The molecule has 0 amide bonds. The number of hydrogen-bond acceptors (Lipinski definition) is 1. The third-order valence-electron chi connectivity index (χ3n) is 10.0. The summed E-state index contributed by atoms with van der Waals surface area (Å²) in [4.78, 5) is 0. The first-order valence-electron chi connectivity index (χ1n) is 16.0. The molecule has 0 aliphatic heterocycles. The summed E-state index contributed by atoms with van der Waals surface area (Å²) >= 11 is 0. The number of hydrogen-bond donors (Lipinski definition) is 1. The Morgan fingerprint density at radius 3 is 1.80 bits per heavy atom. The third-order valence-corrected chi connectivity index (χ3v) is 10.0. The van der Waals surface area contributed by atoms with Crippen molar-refractivity contribution in [2.24, 2.45) is 5.92 Å². The largest absolute Gasteiger partial charge is 0.356 e. The zero-order valence-corrected chi connectivity index (χ0v) is 25.3. The van der Waals surface area contributed by atoms with E-state index in [-0.39, 0.29) is 5.41 Å². The van der Waals surface area contributed by atoms with Gasteiger partial charge < -0.3 is 5.32 Å². The smallest absolute Gasteiger partial charge is 0.0722 e. The van der Waals surface area contributed by atoms with E-state index < -0.39 is 0 Å². The minimum atomic E-state index is -0.280. The Labute approximate surface area is 265 Å². The van der Waals surface area contributed by atoms with Crippen LogP contribution in [0.15, 0.2) is 163 Å². The first kappa shape index (κ1) is 26.0. The number of allylic oxidation sites excluding steroid dienone is 4.